The Morgan fingerprint density at radius 1 is 1.00 bits per heavy atom. The summed E-state index contributed by atoms with van der Waals surface area (Å²) in [4.78, 5) is 11.6. The first-order valence-corrected chi connectivity index (χ1v) is 7.94. The van der Waals surface area contributed by atoms with Gasteiger partial charge in [-0.25, -0.2) is 0 Å². The number of nitrogens with one attached hydrogen (secondary N) is 1. The fourth-order valence-corrected chi connectivity index (χ4v) is 2.54. The second-order valence-corrected chi connectivity index (χ2v) is 5.70. The van der Waals surface area contributed by atoms with E-state index < -0.39 is 6.10 Å². The van der Waals surface area contributed by atoms with Crippen LogP contribution in [0.25, 0.3) is 0 Å². The van der Waals surface area contributed by atoms with Crippen LogP contribution in [0.2, 0.25) is 0 Å². The van der Waals surface area contributed by atoms with Gasteiger partial charge in [-0.2, -0.15) is 0 Å². The maximum absolute atomic E-state index is 11.6. The summed E-state index contributed by atoms with van der Waals surface area (Å²) in [7, 11) is 0. The summed E-state index contributed by atoms with van der Waals surface area (Å²) in [5, 5.41) is 13.2. The predicted molar refractivity (Wildman–Crippen MR) is 92.0 cm³/mol. The molecule has 4 nitrogen and oxygen atoms in total. The molecule has 0 saturated heterocycles. The molecule has 4 N–H and O–H groups in total. The van der Waals surface area contributed by atoms with Crippen LogP contribution in [-0.2, 0) is 11.2 Å². The quantitative estimate of drug-likeness (QED) is 0.661. The van der Waals surface area contributed by atoms with Gasteiger partial charge >= 0.3 is 0 Å². The van der Waals surface area contributed by atoms with Crippen molar-refractivity contribution in [1.82, 2.24) is 5.32 Å². The Hall–Kier alpha value is -2.17. The van der Waals surface area contributed by atoms with Crippen LogP contribution >= 0.6 is 0 Å². The predicted octanol–water partition coefficient (Wildman–Crippen LogP) is 1.84. The molecule has 0 aromatic heterocycles. The minimum absolute atomic E-state index is 0.359. The third-order valence-corrected chi connectivity index (χ3v) is 3.88. The van der Waals surface area contributed by atoms with Gasteiger partial charge in [0.1, 0.15) is 0 Å². The van der Waals surface area contributed by atoms with E-state index in [2.05, 4.69) is 17.4 Å². The van der Waals surface area contributed by atoms with Crippen molar-refractivity contribution in [3.63, 3.8) is 0 Å². The van der Waals surface area contributed by atoms with E-state index in [-0.39, 0.29) is 11.8 Å². The average molecular weight is 312 g/mol. The standard InChI is InChI=1S/C19H24N2O2/c20-19(23)18(16-9-5-2-6-10-16)14-21-13-17(22)12-11-15-7-3-1-4-8-15/h1-10,17-18,21-22H,11-14H2,(H2,20,23)/t17-,18?/m0/s1. The van der Waals surface area contributed by atoms with Crippen LogP contribution in [0.1, 0.15) is 23.5 Å². The van der Waals surface area contributed by atoms with Crippen LogP contribution < -0.4 is 11.1 Å². The lowest BCUT2D eigenvalue weighted by atomic mass is 9.98. The van der Waals surface area contributed by atoms with Gasteiger partial charge in [0, 0.05) is 13.1 Å². The zero-order chi connectivity index (χ0) is 16.5. The van der Waals surface area contributed by atoms with E-state index in [1.54, 1.807) is 0 Å². The maximum Gasteiger partial charge on any atom is 0.226 e. The summed E-state index contributed by atoms with van der Waals surface area (Å²) >= 11 is 0. The Balaban J connectivity index is 1.75. The highest BCUT2D eigenvalue weighted by atomic mass is 16.3. The molecular weight excluding hydrogens is 288 g/mol. The van der Waals surface area contributed by atoms with Crippen LogP contribution in [0.4, 0.5) is 0 Å². The third kappa shape index (κ3) is 5.85. The number of aryl methyl sites for hydroxylation is 1. The summed E-state index contributed by atoms with van der Waals surface area (Å²) in [6.07, 6.45) is 1.07. The molecule has 0 radical (unpaired) electrons. The lowest BCUT2D eigenvalue weighted by Gasteiger charge is -2.17. The Morgan fingerprint density at radius 3 is 2.22 bits per heavy atom. The number of amides is 1. The van der Waals surface area contributed by atoms with Crippen molar-refractivity contribution in [1.29, 1.82) is 0 Å². The Morgan fingerprint density at radius 2 is 1.61 bits per heavy atom. The van der Waals surface area contributed by atoms with Gasteiger partial charge in [0.25, 0.3) is 0 Å². The Bertz CT molecular complexity index is 587. The lowest BCUT2D eigenvalue weighted by molar-refractivity contribution is -0.119. The molecule has 23 heavy (non-hydrogen) atoms. The van der Waals surface area contributed by atoms with Gasteiger partial charge in [-0.3, -0.25) is 4.79 Å². The van der Waals surface area contributed by atoms with E-state index in [9.17, 15) is 9.90 Å². The number of benzene rings is 2. The highest BCUT2D eigenvalue weighted by molar-refractivity contribution is 5.82. The molecule has 1 unspecified atom stereocenters. The highest BCUT2D eigenvalue weighted by Gasteiger charge is 2.17. The van der Waals surface area contributed by atoms with Crippen molar-refractivity contribution in [2.75, 3.05) is 13.1 Å². The van der Waals surface area contributed by atoms with E-state index in [1.807, 2.05) is 48.5 Å². The highest BCUT2D eigenvalue weighted by Crippen LogP contribution is 2.14. The zero-order valence-electron chi connectivity index (χ0n) is 13.2. The molecule has 4 heteroatoms. The summed E-state index contributed by atoms with van der Waals surface area (Å²) in [5.74, 6) is -0.736. The van der Waals surface area contributed by atoms with E-state index in [1.165, 1.54) is 5.56 Å². The molecule has 1 amide bonds. The summed E-state index contributed by atoms with van der Waals surface area (Å²) in [6, 6.07) is 19.6. The van der Waals surface area contributed by atoms with Gasteiger partial charge < -0.3 is 16.2 Å². The topological polar surface area (TPSA) is 75.4 Å². The van der Waals surface area contributed by atoms with Gasteiger partial charge in [-0.15, -0.1) is 0 Å². The van der Waals surface area contributed by atoms with E-state index in [0.29, 0.717) is 19.5 Å². The van der Waals surface area contributed by atoms with Crippen molar-refractivity contribution in [3.8, 4) is 0 Å². The third-order valence-electron chi connectivity index (χ3n) is 3.88. The van der Waals surface area contributed by atoms with E-state index >= 15 is 0 Å². The van der Waals surface area contributed by atoms with Gasteiger partial charge in [0.2, 0.25) is 5.91 Å². The second kappa shape index (κ2) is 9.08. The average Bonchev–Trinajstić information content (AvgIpc) is 2.58. The minimum atomic E-state index is -0.445. The molecule has 0 aliphatic rings. The number of aliphatic hydroxyl groups is 1. The van der Waals surface area contributed by atoms with Crippen molar-refractivity contribution in [2.24, 2.45) is 5.73 Å². The summed E-state index contributed by atoms with van der Waals surface area (Å²) in [5.41, 5.74) is 7.59. The number of nitrogens with two attached hydrogens (primary N) is 1. The number of carbonyl (C=O) groups is 1. The number of primary amides is 1. The smallest absolute Gasteiger partial charge is 0.226 e. The van der Waals surface area contributed by atoms with Gasteiger partial charge in [0.05, 0.1) is 12.0 Å². The van der Waals surface area contributed by atoms with Crippen molar-refractivity contribution in [3.05, 3.63) is 71.8 Å². The second-order valence-electron chi connectivity index (χ2n) is 5.70. The van der Waals surface area contributed by atoms with Crippen LogP contribution in [0.15, 0.2) is 60.7 Å². The molecular formula is C19H24N2O2. The molecule has 2 atom stereocenters. The van der Waals surface area contributed by atoms with E-state index in [4.69, 9.17) is 5.73 Å². The molecule has 0 saturated carbocycles. The number of rotatable bonds is 9. The molecule has 0 heterocycles. The van der Waals surface area contributed by atoms with E-state index in [0.717, 1.165) is 12.0 Å². The van der Waals surface area contributed by atoms with Crippen LogP contribution in [0.3, 0.4) is 0 Å². The first kappa shape index (κ1) is 17.2. The van der Waals surface area contributed by atoms with Gasteiger partial charge in [-0.1, -0.05) is 60.7 Å². The van der Waals surface area contributed by atoms with Gasteiger partial charge in [-0.05, 0) is 24.0 Å². The molecule has 0 aliphatic carbocycles. The van der Waals surface area contributed by atoms with Crippen LogP contribution in [-0.4, -0.2) is 30.2 Å². The van der Waals surface area contributed by atoms with Crippen LogP contribution in [0.5, 0.6) is 0 Å². The Kier molecular flexibility index (Phi) is 6.78. The fourth-order valence-electron chi connectivity index (χ4n) is 2.54. The number of hydrogen-bond donors (Lipinski definition) is 3. The largest absolute Gasteiger partial charge is 0.392 e. The summed E-state index contributed by atoms with van der Waals surface area (Å²) in [6.45, 7) is 0.880. The number of carbonyl (C=O) groups excluding carboxylic acids is 1. The maximum atomic E-state index is 11.6. The molecule has 122 valence electrons. The fraction of sp³-hybridized carbons (Fsp3) is 0.316. The lowest BCUT2D eigenvalue weighted by Crippen LogP contribution is -2.35. The first-order chi connectivity index (χ1) is 11.2. The van der Waals surface area contributed by atoms with Crippen molar-refractivity contribution >= 4 is 5.91 Å². The Labute approximate surface area is 137 Å². The molecule has 2 aromatic rings. The van der Waals surface area contributed by atoms with Gasteiger partial charge in [0.15, 0.2) is 0 Å². The minimum Gasteiger partial charge on any atom is -0.392 e. The molecule has 0 fully saturated rings. The van der Waals surface area contributed by atoms with Crippen LogP contribution in [0, 0.1) is 0 Å². The molecule has 2 rings (SSSR count). The molecule has 0 aliphatic heterocycles. The molecule has 0 spiro atoms. The molecule has 0 bridgehead atoms. The monoisotopic (exact) mass is 312 g/mol. The van der Waals surface area contributed by atoms with Crippen molar-refractivity contribution in [2.45, 2.75) is 24.9 Å². The zero-order valence-corrected chi connectivity index (χ0v) is 13.2. The van der Waals surface area contributed by atoms with Crippen molar-refractivity contribution < 1.29 is 9.90 Å². The SMILES string of the molecule is NC(=O)C(CNC[C@@H](O)CCc1ccccc1)c1ccccc1. The number of hydrogen-bond acceptors (Lipinski definition) is 3. The normalized spacial score (nSPS) is 13.4. The summed E-state index contributed by atoms with van der Waals surface area (Å²) < 4.78 is 0. The molecule has 2 aromatic carbocycles. The number of aliphatic hydroxyl groups excluding tert-OH is 1. The first-order valence-electron chi connectivity index (χ1n) is 7.94.